The molecule has 2 aromatic carbocycles. The molecule has 0 aliphatic carbocycles. The van der Waals surface area contributed by atoms with Crippen LogP contribution in [0.5, 0.6) is 5.75 Å². The van der Waals surface area contributed by atoms with Gasteiger partial charge in [-0.2, -0.15) is 13.2 Å². The Morgan fingerprint density at radius 2 is 1.70 bits per heavy atom. The van der Waals surface area contributed by atoms with Crippen molar-refractivity contribution in [3.63, 3.8) is 0 Å². The Morgan fingerprint density at radius 1 is 1.00 bits per heavy atom. The first kappa shape index (κ1) is 19.0. The summed E-state index contributed by atoms with van der Waals surface area (Å²) in [5, 5.41) is 3.14. The van der Waals surface area contributed by atoms with Crippen LogP contribution in [0.2, 0.25) is 0 Å². The van der Waals surface area contributed by atoms with Crippen LogP contribution in [0.3, 0.4) is 0 Å². The van der Waals surface area contributed by atoms with Gasteiger partial charge in [0, 0.05) is 18.7 Å². The van der Waals surface area contributed by atoms with Crippen LogP contribution in [-0.2, 0) is 19.3 Å². The van der Waals surface area contributed by atoms with Crippen LogP contribution in [0.15, 0.2) is 59.2 Å². The lowest BCUT2D eigenvalue weighted by Gasteiger charge is -2.08. The average molecular weight is 376 g/mol. The van der Waals surface area contributed by atoms with Crippen LogP contribution >= 0.6 is 0 Å². The molecule has 1 aromatic heterocycles. The summed E-state index contributed by atoms with van der Waals surface area (Å²) in [5.41, 5.74) is 1.67. The molecule has 0 saturated carbocycles. The number of oxazole rings is 1. The molecule has 3 rings (SSSR count). The molecule has 1 N–H and O–H groups in total. The van der Waals surface area contributed by atoms with Crippen molar-refractivity contribution in [3.8, 4) is 17.2 Å². The fourth-order valence-electron chi connectivity index (χ4n) is 2.53. The first-order valence-electron chi connectivity index (χ1n) is 8.50. The second kappa shape index (κ2) is 8.26. The Balaban J connectivity index is 1.53. The molecule has 0 saturated heterocycles. The Morgan fingerprint density at radius 3 is 2.33 bits per heavy atom. The molecule has 0 aliphatic rings. The predicted molar refractivity (Wildman–Crippen MR) is 95.1 cm³/mol. The smallest absolute Gasteiger partial charge is 0.416 e. The molecule has 27 heavy (non-hydrogen) atoms. The minimum atomic E-state index is -4.32. The molecule has 0 amide bonds. The van der Waals surface area contributed by atoms with Crippen molar-refractivity contribution in [1.29, 1.82) is 0 Å². The third-order valence-corrected chi connectivity index (χ3v) is 3.88. The molecular weight excluding hydrogens is 357 g/mol. The van der Waals surface area contributed by atoms with E-state index in [0.29, 0.717) is 31.3 Å². The van der Waals surface area contributed by atoms with Crippen LogP contribution < -0.4 is 10.1 Å². The highest BCUT2D eigenvalue weighted by Crippen LogP contribution is 2.29. The van der Waals surface area contributed by atoms with Crippen molar-refractivity contribution >= 4 is 0 Å². The van der Waals surface area contributed by atoms with Gasteiger partial charge in [-0.3, -0.25) is 0 Å². The third kappa shape index (κ3) is 5.10. The molecule has 4 nitrogen and oxygen atoms in total. The van der Waals surface area contributed by atoms with E-state index >= 15 is 0 Å². The van der Waals surface area contributed by atoms with E-state index < -0.39 is 11.7 Å². The molecule has 142 valence electrons. The summed E-state index contributed by atoms with van der Waals surface area (Å²) in [6.07, 6.45) is -2.75. The van der Waals surface area contributed by atoms with Crippen molar-refractivity contribution < 1.29 is 22.3 Å². The van der Waals surface area contributed by atoms with Gasteiger partial charge in [-0.15, -0.1) is 0 Å². The Bertz CT molecular complexity index is 856. The van der Waals surface area contributed by atoms with E-state index in [1.54, 1.807) is 6.26 Å². The number of nitrogens with one attached hydrogen (secondary N) is 1. The molecule has 0 spiro atoms. The lowest BCUT2D eigenvalue weighted by molar-refractivity contribution is -0.137. The van der Waals surface area contributed by atoms with E-state index in [-0.39, 0.29) is 0 Å². The van der Waals surface area contributed by atoms with Gasteiger partial charge in [0.25, 0.3) is 0 Å². The lowest BCUT2D eigenvalue weighted by Crippen LogP contribution is -2.13. The van der Waals surface area contributed by atoms with Crippen molar-refractivity contribution in [1.82, 2.24) is 10.3 Å². The van der Waals surface area contributed by atoms with Gasteiger partial charge in [0.2, 0.25) is 5.89 Å². The number of halogens is 3. The fraction of sp³-hybridized carbons (Fsp3) is 0.250. The average Bonchev–Trinajstić information content (AvgIpc) is 3.11. The van der Waals surface area contributed by atoms with E-state index in [9.17, 15) is 13.2 Å². The summed E-state index contributed by atoms with van der Waals surface area (Å²) in [5.74, 6) is 1.29. The van der Waals surface area contributed by atoms with Crippen molar-refractivity contribution in [3.05, 3.63) is 71.6 Å². The van der Waals surface area contributed by atoms with E-state index in [1.165, 1.54) is 12.1 Å². The second-order valence-corrected chi connectivity index (χ2v) is 5.90. The van der Waals surface area contributed by atoms with Gasteiger partial charge in [0.1, 0.15) is 12.0 Å². The molecule has 0 unspecified atom stereocenters. The van der Waals surface area contributed by atoms with Crippen molar-refractivity contribution in [2.75, 3.05) is 6.61 Å². The van der Waals surface area contributed by atoms with Gasteiger partial charge in [0.05, 0.1) is 17.9 Å². The van der Waals surface area contributed by atoms with E-state index in [1.807, 2.05) is 31.2 Å². The first-order chi connectivity index (χ1) is 13.0. The topological polar surface area (TPSA) is 47.3 Å². The van der Waals surface area contributed by atoms with E-state index in [4.69, 9.17) is 9.15 Å². The van der Waals surface area contributed by atoms with Crippen LogP contribution in [0, 0.1) is 0 Å². The van der Waals surface area contributed by atoms with Crippen LogP contribution in [0.25, 0.3) is 11.5 Å². The van der Waals surface area contributed by atoms with E-state index in [2.05, 4.69) is 10.3 Å². The largest absolute Gasteiger partial charge is 0.494 e. The Labute approximate surface area is 155 Å². The molecule has 0 atom stereocenters. The van der Waals surface area contributed by atoms with Gasteiger partial charge in [-0.05, 0) is 48.9 Å². The highest BCUT2D eigenvalue weighted by atomic mass is 19.4. The van der Waals surface area contributed by atoms with Gasteiger partial charge in [-0.25, -0.2) is 4.98 Å². The van der Waals surface area contributed by atoms with Crippen molar-refractivity contribution in [2.45, 2.75) is 26.2 Å². The maximum absolute atomic E-state index is 12.6. The standard InChI is InChI=1S/C20H19F3N2O2/c1-2-26-18-9-5-15(6-10-18)19-25-17(13-27-19)12-24-11-14-3-7-16(8-4-14)20(21,22)23/h3-10,13,24H,2,11-12H2,1H3. The number of rotatable bonds is 7. The number of ether oxygens (including phenoxy) is 1. The quantitative estimate of drug-likeness (QED) is 0.627. The fourth-order valence-corrected chi connectivity index (χ4v) is 2.53. The van der Waals surface area contributed by atoms with Gasteiger partial charge in [0.15, 0.2) is 0 Å². The van der Waals surface area contributed by atoms with Crippen LogP contribution in [-0.4, -0.2) is 11.6 Å². The summed E-state index contributed by atoms with van der Waals surface area (Å²) < 4.78 is 48.6. The zero-order valence-electron chi connectivity index (χ0n) is 14.7. The highest BCUT2D eigenvalue weighted by Gasteiger charge is 2.29. The predicted octanol–water partition coefficient (Wildman–Crippen LogP) is 5.05. The molecule has 1 heterocycles. The summed E-state index contributed by atoms with van der Waals surface area (Å²) in [7, 11) is 0. The number of hydrogen-bond donors (Lipinski definition) is 1. The van der Waals surface area contributed by atoms with Crippen LogP contribution in [0.1, 0.15) is 23.7 Å². The lowest BCUT2D eigenvalue weighted by atomic mass is 10.1. The zero-order valence-corrected chi connectivity index (χ0v) is 14.7. The molecule has 0 aliphatic heterocycles. The van der Waals surface area contributed by atoms with Crippen LogP contribution in [0.4, 0.5) is 13.2 Å². The molecular formula is C20H19F3N2O2. The summed E-state index contributed by atoms with van der Waals surface area (Å²) >= 11 is 0. The number of nitrogens with zero attached hydrogens (tertiary/aromatic N) is 1. The van der Waals surface area contributed by atoms with E-state index in [0.717, 1.165) is 29.0 Å². The minimum absolute atomic E-state index is 0.434. The Kier molecular flexibility index (Phi) is 5.81. The normalized spacial score (nSPS) is 11.6. The Hall–Kier alpha value is -2.80. The number of hydrogen-bond acceptors (Lipinski definition) is 4. The van der Waals surface area contributed by atoms with Crippen molar-refractivity contribution in [2.24, 2.45) is 0 Å². The number of aromatic nitrogens is 1. The molecule has 0 radical (unpaired) electrons. The minimum Gasteiger partial charge on any atom is -0.494 e. The molecule has 0 fully saturated rings. The molecule has 3 aromatic rings. The summed E-state index contributed by atoms with van der Waals surface area (Å²) in [6.45, 7) is 3.41. The molecule has 7 heteroatoms. The third-order valence-electron chi connectivity index (χ3n) is 3.88. The second-order valence-electron chi connectivity index (χ2n) is 5.90. The van der Waals surface area contributed by atoms with Gasteiger partial charge < -0.3 is 14.5 Å². The van der Waals surface area contributed by atoms with Gasteiger partial charge >= 0.3 is 6.18 Å². The first-order valence-corrected chi connectivity index (χ1v) is 8.50. The monoisotopic (exact) mass is 376 g/mol. The number of benzene rings is 2. The highest BCUT2D eigenvalue weighted by molar-refractivity contribution is 5.54. The summed E-state index contributed by atoms with van der Waals surface area (Å²) in [6, 6.07) is 12.5. The molecule has 0 bridgehead atoms. The maximum Gasteiger partial charge on any atom is 0.416 e. The zero-order chi connectivity index (χ0) is 19.3. The SMILES string of the molecule is CCOc1ccc(-c2nc(CNCc3ccc(C(F)(F)F)cc3)co2)cc1. The maximum atomic E-state index is 12.6. The summed E-state index contributed by atoms with van der Waals surface area (Å²) in [4.78, 5) is 4.42. The van der Waals surface area contributed by atoms with Gasteiger partial charge in [-0.1, -0.05) is 12.1 Å². The number of alkyl halides is 3.